The standard InChI is InChI=1S/C25H29N3O4/c29-24(19-8-4-3-5-9-19)20-12-16-27(17-13-20)25(30)21-10-11-22(23(18-21)28(31)32)26-14-6-1-2-7-15-26/h3-5,8-11,18,20H,1-2,6-7,12-17H2. The van der Waals surface area contributed by atoms with Crippen molar-refractivity contribution in [2.45, 2.75) is 38.5 Å². The van der Waals surface area contributed by atoms with Crippen LogP contribution in [0.25, 0.3) is 0 Å². The van der Waals surface area contributed by atoms with E-state index < -0.39 is 0 Å². The van der Waals surface area contributed by atoms with Gasteiger partial charge in [0.1, 0.15) is 5.69 Å². The van der Waals surface area contributed by atoms with Crippen molar-refractivity contribution in [2.24, 2.45) is 5.92 Å². The van der Waals surface area contributed by atoms with Gasteiger partial charge in [0.15, 0.2) is 5.78 Å². The summed E-state index contributed by atoms with van der Waals surface area (Å²) >= 11 is 0. The average Bonchev–Trinajstić information content (AvgIpc) is 3.13. The highest BCUT2D eigenvalue weighted by atomic mass is 16.6. The Labute approximate surface area is 188 Å². The molecule has 0 saturated carbocycles. The van der Waals surface area contributed by atoms with Gasteiger partial charge in [0.25, 0.3) is 11.6 Å². The van der Waals surface area contributed by atoms with Gasteiger partial charge in [0.05, 0.1) is 4.92 Å². The maximum absolute atomic E-state index is 13.1. The fraction of sp³-hybridized carbons (Fsp3) is 0.440. The van der Waals surface area contributed by atoms with Crippen LogP contribution in [-0.2, 0) is 0 Å². The lowest BCUT2D eigenvalue weighted by Crippen LogP contribution is -2.40. The predicted octanol–water partition coefficient (Wildman–Crippen LogP) is 4.71. The minimum atomic E-state index is -0.387. The van der Waals surface area contributed by atoms with E-state index in [0.29, 0.717) is 42.7 Å². The number of ketones is 1. The molecule has 0 spiro atoms. The first kappa shape index (κ1) is 22.0. The molecule has 2 saturated heterocycles. The van der Waals surface area contributed by atoms with Gasteiger partial charge in [-0.1, -0.05) is 43.2 Å². The third-order valence-corrected chi connectivity index (χ3v) is 6.58. The summed E-state index contributed by atoms with van der Waals surface area (Å²) in [5.41, 5.74) is 1.63. The highest BCUT2D eigenvalue weighted by Gasteiger charge is 2.30. The van der Waals surface area contributed by atoms with E-state index in [1.54, 1.807) is 17.0 Å². The SMILES string of the molecule is O=C(c1ccccc1)C1CCN(C(=O)c2ccc(N3CCCCCC3)c([N+](=O)[O-])c2)CC1. The van der Waals surface area contributed by atoms with E-state index >= 15 is 0 Å². The number of nitro groups is 1. The van der Waals surface area contributed by atoms with Crippen LogP contribution in [0.15, 0.2) is 48.5 Å². The summed E-state index contributed by atoms with van der Waals surface area (Å²) < 4.78 is 0. The van der Waals surface area contributed by atoms with Crippen molar-refractivity contribution in [2.75, 3.05) is 31.1 Å². The van der Waals surface area contributed by atoms with Gasteiger partial charge in [0.2, 0.25) is 0 Å². The molecule has 0 aliphatic carbocycles. The van der Waals surface area contributed by atoms with Gasteiger partial charge in [-0.2, -0.15) is 0 Å². The topological polar surface area (TPSA) is 83.8 Å². The molecule has 0 N–H and O–H groups in total. The normalized spacial score (nSPS) is 17.6. The van der Waals surface area contributed by atoms with Gasteiger partial charge in [-0.05, 0) is 37.8 Å². The van der Waals surface area contributed by atoms with E-state index in [-0.39, 0.29) is 28.2 Å². The van der Waals surface area contributed by atoms with Crippen LogP contribution in [0.3, 0.4) is 0 Å². The van der Waals surface area contributed by atoms with Crippen molar-refractivity contribution in [3.05, 3.63) is 69.8 Å². The molecule has 0 unspecified atom stereocenters. The van der Waals surface area contributed by atoms with Crippen LogP contribution in [0, 0.1) is 16.0 Å². The van der Waals surface area contributed by atoms with Crippen molar-refractivity contribution >= 4 is 23.1 Å². The quantitative estimate of drug-likeness (QED) is 0.386. The van der Waals surface area contributed by atoms with Crippen LogP contribution in [0.1, 0.15) is 59.2 Å². The smallest absolute Gasteiger partial charge is 0.293 e. The van der Waals surface area contributed by atoms with Gasteiger partial charge in [-0.3, -0.25) is 19.7 Å². The molecular formula is C25H29N3O4. The van der Waals surface area contributed by atoms with Gasteiger partial charge in [0, 0.05) is 49.3 Å². The summed E-state index contributed by atoms with van der Waals surface area (Å²) in [7, 11) is 0. The highest BCUT2D eigenvalue weighted by molar-refractivity contribution is 5.98. The van der Waals surface area contributed by atoms with E-state index in [9.17, 15) is 19.7 Å². The van der Waals surface area contributed by atoms with Crippen molar-refractivity contribution in [1.29, 1.82) is 0 Å². The van der Waals surface area contributed by atoms with Crippen molar-refractivity contribution in [3.8, 4) is 0 Å². The van der Waals surface area contributed by atoms with Crippen molar-refractivity contribution in [1.82, 2.24) is 4.90 Å². The number of rotatable bonds is 5. The molecule has 2 heterocycles. The fourth-order valence-electron chi connectivity index (χ4n) is 4.75. The number of hydrogen-bond acceptors (Lipinski definition) is 5. The average molecular weight is 436 g/mol. The summed E-state index contributed by atoms with van der Waals surface area (Å²) in [6.45, 7) is 2.56. The first-order chi connectivity index (χ1) is 15.5. The Morgan fingerprint density at radius 3 is 2.12 bits per heavy atom. The van der Waals surface area contributed by atoms with Gasteiger partial charge in [-0.15, -0.1) is 0 Å². The molecule has 0 radical (unpaired) electrons. The minimum absolute atomic E-state index is 0.00751. The summed E-state index contributed by atoms with van der Waals surface area (Å²) in [4.78, 5) is 40.9. The minimum Gasteiger partial charge on any atom is -0.366 e. The van der Waals surface area contributed by atoms with E-state index in [4.69, 9.17) is 0 Å². The number of carbonyl (C=O) groups is 2. The summed E-state index contributed by atoms with van der Waals surface area (Å²) in [6.07, 6.45) is 5.54. The van der Waals surface area contributed by atoms with E-state index in [0.717, 1.165) is 38.8 Å². The molecule has 0 atom stereocenters. The van der Waals surface area contributed by atoms with Crippen LogP contribution < -0.4 is 4.90 Å². The third kappa shape index (κ3) is 4.82. The number of carbonyl (C=O) groups excluding carboxylic acids is 2. The summed E-state index contributed by atoms with van der Waals surface area (Å²) in [5, 5.41) is 11.8. The Morgan fingerprint density at radius 1 is 0.844 bits per heavy atom. The van der Waals surface area contributed by atoms with Gasteiger partial charge < -0.3 is 9.80 Å². The number of hydrogen-bond donors (Lipinski definition) is 0. The molecule has 2 fully saturated rings. The molecule has 32 heavy (non-hydrogen) atoms. The second-order valence-electron chi connectivity index (χ2n) is 8.66. The molecule has 2 aromatic rings. The maximum atomic E-state index is 13.1. The second-order valence-corrected chi connectivity index (χ2v) is 8.66. The zero-order chi connectivity index (χ0) is 22.5. The number of piperidine rings is 1. The Hall–Kier alpha value is -3.22. The Morgan fingerprint density at radius 2 is 1.50 bits per heavy atom. The lowest BCUT2D eigenvalue weighted by Gasteiger charge is -2.31. The molecule has 0 bridgehead atoms. The number of nitro benzene ring substituents is 1. The fourth-order valence-corrected chi connectivity index (χ4v) is 4.75. The molecule has 168 valence electrons. The maximum Gasteiger partial charge on any atom is 0.293 e. The van der Waals surface area contributed by atoms with Crippen LogP contribution in [0.4, 0.5) is 11.4 Å². The number of anilines is 1. The molecule has 1 amide bonds. The molecule has 0 aromatic heterocycles. The molecule has 2 aliphatic rings. The largest absolute Gasteiger partial charge is 0.366 e. The van der Waals surface area contributed by atoms with Crippen LogP contribution in [0.2, 0.25) is 0 Å². The number of Topliss-reactive ketones (excluding diaryl/α,β-unsaturated/α-hetero) is 1. The molecular weight excluding hydrogens is 406 g/mol. The lowest BCUT2D eigenvalue weighted by atomic mass is 9.88. The Kier molecular flexibility index (Phi) is 6.83. The zero-order valence-electron chi connectivity index (χ0n) is 18.2. The number of benzene rings is 2. The third-order valence-electron chi connectivity index (χ3n) is 6.58. The number of likely N-dealkylation sites (tertiary alicyclic amines) is 1. The predicted molar refractivity (Wildman–Crippen MR) is 123 cm³/mol. The first-order valence-electron chi connectivity index (χ1n) is 11.5. The Bertz CT molecular complexity index is 976. The summed E-state index contributed by atoms with van der Waals surface area (Å²) in [5.74, 6) is -0.183. The molecule has 7 heteroatoms. The van der Waals surface area contributed by atoms with E-state index in [1.165, 1.54) is 6.07 Å². The summed E-state index contributed by atoms with van der Waals surface area (Å²) in [6, 6.07) is 14.1. The van der Waals surface area contributed by atoms with Crippen LogP contribution in [0.5, 0.6) is 0 Å². The molecule has 7 nitrogen and oxygen atoms in total. The van der Waals surface area contributed by atoms with Gasteiger partial charge >= 0.3 is 0 Å². The number of nitrogens with zero attached hydrogens (tertiary/aromatic N) is 3. The van der Waals surface area contributed by atoms with Crippen molar-refractivity contribution < 1.29 is 14.5 Å². The highest BCUT2D eigenvalue weighted by Crippen LogP contribution is 2.32. The monoisotopic (exact) mass is 435 g/mol. The van der Waals surface area contributed by atoms with E-state index in [1.807, 2.05) is 30.3 Å². The Balaban J connectivity index is 1.45. The van der Waals surface area contributed by atoms with Gasteiger partial charge in [-0.25, -0.2) is 0 Å². The van der Waals surface area contributed by atoms with Crippen molar-refractivity contribution in [3.63, 3.8) is 0 Å². The first-order valence-corrected chi connectivity index (χ1v) is 11.5. The van der Waals surface area contributed by atoms with Crippen LogP contribution >= 0.6 is 0 Å². The molecule has 2 aliphatic heterocycles. The lowest BCUT2D eigenvalue weighted by molar-refractivity contribution is -0.384. The molecule has 2 aromatic carbocycles. The number of amides is 1. The zero-order valence-corrected chi connectivity index (χ0v) is 18.2. The second kappa shape index (κ2) is 9.94. The van der Waals surface area contributed by atoms with Crippen LogP contribution in [-0.4, -0.2) is 47.7 Å². The molecule has 4 rings (SSSR count). The van der Waals surface area contributed by atoms with E-state index in [2.05, 4.69) is 4.90 Å².